The van der Waals surface area contributed by atoms with Crippen LogP contribution in [0.3, 0.4) is 0 Å². The molecule has 0 aliphatic carbocycles. The molecular weight excluding hydrogens is 492 g/mol. The summed E-state index contributed by atoms with van der Waals surface area (Å²) in [6, 6.07) is 5.69. The zero-order chi connectivity index (χ0) is 22.8. The van der Waals surface area contributed by atoms with E-state index in [1.165, 1.54) is 6.92 Å². The second-order valence-electron chi connectivity index (χ2n) is 8.35. The highest BCUT2D eigenvalue weighted by atomic mass is 79.9. The van der Waals surface area contributed by atoms with Crippen molar-refractivity contribution in [2.24, 2.45) is 0 Å². The van der Waals surface area contributed by atoms with E-state index in [-0.39, 0.29) is 12.4 Å². The molecule has 3 rings (SSSR count). The van der Waals surface area contributed by atoms with Gasteiger partial charge in [0.2, 0.25) is 0 Å². The van der Waals surface area contributed by atoms with Crippen LogP contribution < -0.4 is 4.74 Å². The van der Waals surface area contributed by atoms with Crippen LogP contribution in [0.15, 0.2) is 22.7 Å². The number of unbranched alkanes of at least 4 members (excludes halogenated alkanes) is 1. The van der Waals surface area contributed by atoms with E-state index >= 15 is 0 Å². The van der Waals surface area contributed by atoms with Crippen molar-refractivity contribution in [3.8, 4) is 5.75 Å². The molecule has 7 nitrogen and oxygen atoms in total. The fourth-order valence-corrected chi connectivity index (χ4v) is 4.69. The lowest BCUT2D eigenvalue weighted by Crippen LogP contribution is -2.47. The second kappa shape index (κ2) is 10.0. The smallest absolute Gasteiger partial charge is 0.261 e. The molecule has 0 bridgehead atoms. The molecule has 5 atom stereocenters. The maximum absolute atomic E-state index is 12.7. The van der Waals surface area contributed by atoms with Crippen LogP contribution in [0.25, 0.3) is 0 Å². The summed E-state index contributed by atoms with van der Waals surface area (Å²) in [5, 5.41) is 0. The van der Waals surface area contributed by atoms with Crippen LogP contribution in [0.4, 0.5) is 0 Å². The van der Waals surface area contributed by atoms with Gasteiger partial charge in [0.15, 0.2) is 17.7 Å². The standard InChI is InChI=1S/C22H30BrClO7/c1-6-7-8-16(30-24)18-19(27-12-14-9-10-15(23)11-17(14)26-5)20-22(28-18,13(2)25)31-21(3,4)29-20/h9-11,16,18-20H,6-8,12H2,1-5H3/t16-,18+,19-,20+,22+/m0/s1. The quantitative estimate of drug-likeness (QED) is 0.433. The van der Waals surface area contributed by atoms with Crippen molar-refractivity contribution in [2.45, 2.75) is 89.6 Å². The maximum atomic E-state index is 12.7. The van der Waals surface area contributed by atoms with Gasteiger partial charge in [-0.05, 0) is 32.4 Å². The van der Waals surface area contributed by atoms with Gasteiger partial charge in [0.1, 0.15) is 24.1 Å². The highest BCUT2D eigenvalue weighted by molar-refractivity contribution is 9.10. The van der Waals surface area contributed by atoms with E-state index in [1.54, 1.807) is 21.0 Å². The van der Waals surface area contributed by atoms with Gasteiger partial charge in [-0.1, -0.05) is 41.8 Å². The third kappa shape index (κ3) is 5.11. The van der Waals surface area contributed by atoms with Crippen molar-refractivity contribution >= 4 is 33.6 Å². The minimum Gasteiger partial charge on any atom is -0.496 e. The number of ether oxygens (including phenoxy) is 5. The first kappa shape index (κ1) is 24.9. The normalized spacial score (nSPS) is 30.2. The molecule has 2 saturated heterocycles. The molecule has 31 heavy (non-hydrogen) atoms. The molecule has 0 spiro atoms. The molecule has 174 valence electrons. The Hall–Kier alpha value is -0.740. The molecule has 2 heterocycles. The van der Waals surface area contributed by atoms with Crippen molar-refractivity contribution in [3.05, 3.63) is 28.2 Å². The molecule has 1 aromatic rings. The molecule has 0 aromatic heterocycles. The lowest BCUT2D eigenvalue weighted by Gasteiger charge is -2.30. The monoisotopic (exact) mass is 520 g/mol. The molecule has 0 unspecified atom stereocenters. The molecule has 2 fully saturated rings. The number of hydrogen-bond donors (Lipinski definition) is 0. The molecule has 1 aromatic carbocycles. The van der Waals surface area contributed by atoms with Crippen LogP contribution in [0, 0.1) is 0 Å². The van der Waals surface area contributed by atoms with Gasteiger partial charge in [0, 0.05) is 17.0 Å². The molecule has 0 radical (unpaired) electrons. The number of hydrogen-bond acceptors (Lipinski definition) is 7. The molecule has 9 heteroatoms. The second-order valence-corrected chi connectivity index (χ2v) is 9.44. The lowest BCUT2D eigenvalue weighted by molar-refractivity contribution is -0.262. The Morgan fingerprint density at radius 3 is 2.68 bits per heavy atom. The van der Waals surface area contributed by atoms with Crippen molar-refractivity contribution in [3.63, 3.8) is 0 Å². The number of carbonyl (C=O) groups excluding carboxylic acids is 1. The van der Waals surface area contributed by atoms with Crippen molar-refractivity contribution in [1.29, 1.82) is 0 Å². The zero-order valence-corrected chi connectivity index (χ0v) is 20.8. The number of carbonyl (C=O) groups is 1. The number of Topliss-reactive ketones (excluding diaryl/α,β-unsaturated/α-hetero) is 1. The molecule has 2 aliphatic heterocycles. The highest BCUT2D eigenvalue weighted by Crippen LogP contribution is 2.48. The summed E-state index contributed by atoms with van der Waals surface area (Å²) in [6.07, 6.45) is -0.0361. The topological polar surface area (TPSA) is 72.5 Å². The summed E-state index contributed by atoms with van der Waals surface area (Å²) in [4.78, 5) is 12.7. The van der Waals surface area contributed by atoms with Crippen molar-refractivity contribution < 1.29 is 32.8 Å². The van der Waals surface area contributed by atoms with E-state index in [0.717, 1.165) is 22.9 Å². The summed E-state index contributed by atoms with van der Waals surface area (Å²) in [6.45, 7) is 7.22. The van der Waals surface area contributed by atoms with Crippen LogP contribution in [-0.4, -0.2) is 48.9 Å². The van der Waals surface area contributed by atoms with Gasteiger partial charge in [0.25, 0.3) is 5.79 Å². The van der Waals surface area contributed by atoms with Gasteiger partial charge in [-0.25, -0.2) is 0 Å². The van der Waals surface area contributed by atoms with E-state index in [1.807, 2.05) is 18.2 Å². The van der Waals surface area contributed by atoms with Gasteiger partial charge in [0.05, 0.1) is 25.6 Å². The minimum absolute atomic E-state index is 0.220. The number of rotatable bonds is 10. The van der Waals surface area contributed by atoms with Crippen LogP contribution in [0.5, 0.6) is 5.75 Å². The van der Waals surface area contributed by atoms with Crippen LogP contribution >= 0.6 is 27.8 Å². The first-order chi connectivity index (χ1) is 14.7. The van der Waals surface area contributed by atoms with Crippen molar-refractivity contribution in [2.75, 3.05) is 7.11 Å². The van der Waals surface area contributed by atoms with Gasteiger partial charge in [-0.15, -0.1) is 0 Å². The number of methoxy groups -OCH3 is 1. The predicted octanol–water partition coefficient (Wildman–Crippen LogP) is 4.91. The molecule has 0 amide bonds. The van der Waals surface area contributed by atoms with Crippen LogP contribution in [0.2, 0.25) is 0 Å². The fraction of sp³-hybridized carbons (Fsp3) is 0.682. The van der Waals surface area contributed by atoms with E-state index in [2.05, 4.69) is 22.9 Å². The summed E-state index contributed by atoms with van der Waals surface area (Å²) >= 11 is 9.28. The average molecular weight is 522 g/mol. The van der Waals surface area contributed by atoms with Gasteiger partial charge in [-0.3, -0.25) is 9.08 Å². The first-order valence-corrected chi connectivity index (χ1v) is 11.6. The highest BCUT2D eigenvalue weighted by Gasteiger charge is 2.69. The largest absolute Gasteiger partial charge is 0.496 e. The Balaban J connectivity index is 1.91. The van der Waals surface area contributed by atoms with Crippen molar-refractivity contribution in [1.82, 2.24) is 0 Å². The van der Waals surface area contributed by atoms with E-state index in [4.69, 9.17) is 39.8 Å². The van der Waals surface area contributed by atoms with E-state index < -0.39 is 36.0 Å². The third-order valence-electron chi connectivity index (χ3n) is 5.61. The maximum Gasteiger partial charge on any atom is 0.261 e. The number of benzene rings is 1. The third-order valence-corrected chi connectivity index (χ3v) is 6.33. The first-order valence-electron chi connectivity index (χ1n) is 10.5. The molecular formula is C22H30BrClO7. The number of fused-ring (bicyclic) bond motifs is 1. The van der Waals surface area contributed by atoms with E-state index in [0.29, 0.717) is 12.2 Å². The molecule has 0 N–H and O–H groups in total. The van der Waals surface area contributed by atoms with Crippen LogP contribution in [-0.2, 0) is 34.6 Å². The number of ketones is 1. The summed E-state index contributed by atoms with van der Waals surface area (Å²) < 4.78 is 36.2. The average Bonchev–Trinajstić information content (AvgIpc) is 3.16. The molecule has 2 aliphatic rings. The summed E-state index contributed by atoms with van der Waals surface area (Å²) in [5.41, 5.74) is 0.847. The zero-order valence-electron chi connectivity index (χ0n) is 18.5. The Bertz CT molecular complexity index is 789. The fourth-order valence-electron chi connectivity index (χ4n) is 4.16. The summed E-state index contributed by atoms with van der Waals surface area (Å²) in [7, 11) is 1.60. The van der Waals surface area contributed by atoms with Crippen LogP contribution in [0.1, 0.15) is 52.5 Å². The molecule has 0 saturated carbocycles. The Kier molecular flexibility index (Phi) is 8.06. The minimum atomic E-state index is -1.57. The van der Waals surface area contributed by atoms with Gasteiger partial charge >= 0.3 is 0 Å². The number of halogens is 2. The predicted molar refractivity (Wildman–Crippen MR) is 118 cm³/mol. The van der Waals surface area contributed by atoms with Gasteiger partial charge in [-0.2, -0.15) is 0 Å². The Morgan fingerprint density at radius 2 is 2.06 bits per heavy atom. The van der Waals surface area contributed by atoms with E-state index in [9.17, 15) is 4.79 Å². The Morgan fingerprint density at radius 1 is 1.32 bits per heavy atom. The summed E-state index contributed by atoms with van der Waals surface area (Å²) in [5.74, 6) is -2.17. The Labute approximate surface area is 196 Å². The van der Waals surface area contributed by atoms with Gasteiger partial charge < -0.3 is 23.7 Å². The SMILES string of the molecule is CCCC[C@H](OCl)[C@H]1O[C@]2(C(C)=O)OC(C)(C)O[C@@H]2[C@H]1OCc1ccc(Br)cc1OC. The lowest BCUT2D eigenvalue weighted by atomic mass is 9.97.